The summed E-state index contributed by atoms with van der Waals surface area (Å²) >= 11 is 0. The van der Waals surface area contributed by atoms with Gasteiger partial charge in [-0.15, -0.1) is 0 Å². The number of hydrogen-bond acceptors (Lipinski definition) is 12. The number of hydrogen-bond donors (Lipinski definition) is 5. The molecule has 6 amide bonds. The van der Waals surface area contributed by atoms with Gasteiger partial charge in [0.2, 0.25) is 29.5 Å². The topological polar surface area (TPSA) is 250 Å². The first-order chi connectivity index (χ1) is 44.6. The molecule has 509 valence electrons. The van der Waals surface area contributed by atoms with Crippen LogP contribution in [0.4, 0.5) is 13.2 Å². The fourth-order valence-corrected chi connectivity index (χ4v) is 11.9. The van der Waals surface area contributed by atoms with Crippen molar-refractivity contribution in [3.05, 3.63) is 161 Å². The van der Waals surface area contributed by atoms with Crippen LogP contribution in [-0.2, 0) is 68.9 Å². The lowest BCUT2D eigenvalue weighted by Crippen LogP contribution is -2.58. The highest BCUT2D eigenvalue weighted by Gasteiger charge is 2.39. The van der Waals surface area contributed by atoms with Crippen LogP contribution in [0.25, 0.3) is 0 Å². The molecule has 0 aromatic heterocycles. The van der Waals surface area contributed by atoms with Crippen molar-refractivity contribution in [2.24, 2.45) is 5.92 Å². The minimum atomic E-state index is -4.92. The first-order valence-electron chi connectivity index (χ1n) is 32.1. The van der Waals surface area contributed by atoms with E-state index in [1.807, 2.05) is 107 Å². The van der Waals surface area contributed by atoms with Gasteiger partial charge in [0.25, 0.3) is 0 Å². The fraction of sp³-hybridized carbons (Fsp3) is 0.471. The van der Waals surface area contributed by atoms with Crippen LogP contribution in [0.15, 0.2) is 138 Å². The van der Waals surface area contributed by atoms with Crippen LogP contribution >= 0.6 is 0 Å². The van der Waals surface area contributed by atoms with Gasteiger partial charge in [-0.25, -0.2) is 13.2 Å². The SMILES string of the molecule is CCC[C@H](CC[C@@H](C)Oc1ccccc1CCCNC(=O)C(F)(F)F)C(=O)N(C)[C@H](C)C(=O)N[C@H](Cc1ccccc1)C(=O)O.CCC[C@H]1C(=O)N(C)[C@H](C)C(=O)N[C@H](Cc2ccccc2)C(=O)NCCCc2ccccc2O[C@H](C)CN1[B]S(=O)(=O)c1ccc(C)cc1. The molecule has 94 heavy (non-hydrogen) atoms. The Balaban J connectivity index is 0.000000342. The van der Waals surface area contributed by atoms with Crippen molar-refractivity contribution in [3.8, 4) is 11.5 Å². The predicted molar refractivity (Wildman–Crippen MR) is 355 cm³/mol. The van der Waals surface area contributed by atoms with Gasteiger partial charge in [-0.05, 0) is 133 Å². The average Bonchev–Trinajstić information content (AvgIpc) is 0.829. The Morgan fingerprint density at radius 2 is 1.46 bits per heavy atom. The number of nitrogens with zero attached hydrogens (tertiary/aromatic N) is 3. The monoisotopic (exact) mass is 1320 g/mol. The van der Waals surface area contributed by atoms with E-state index in [9.17, 15) is 60.3 Å². The summed E-state index contributed by atoms with van der Waals surface area (Å²) in [6, 6.07) is 35.0. The van der Waals surface area contributed by atoms with E-state index in [1.165, 1.54) is 23.9 Å². The second kappa shape index (κ2) is 37.6. The number of aryl methyl sites for hydroxylation is 3. The smallest absolute Gasteiger partial charge is 0.471 e. The minimum Gasteiger partial charge on any atom is -0.490 e. The molecule has 0 aliphatic carbocycles. The van der Waals surface area contributed by atoms with Crippen LogP contribution in [0.3, 0.4) is 0 Å². The maximum Gasteiger partial charge on any atom is 0.471 e. The third-order valence-corrected chi connectivity index (χ3v) is 17.8. The number of alkyl halides is 3. The van der Waals surface area contributed by atoms with E-state index in [1.54, 1.807) is 85.4 Å². The number of aliphatic carboxylic acids is 1. The number of carbonyl (C=O) groups is 7. The highest BCUT2D eigenvalue weighted by Crippen LogP contribution is 2.27. The Labute approximate surface area is 552 Å². The largest absolute Gasteiger partial charge is 0.490 e. The lowest BCUT2D eigenvalue weighted by molar-refractivity contribution is -0.173. The fourth-order valence-electron chi connectivity index (χ4n) is 10.7. The molecule has 0 fully saturated rings. The first-order valence-corrected chi connectivity index (χ1v) is 33.7. The maximum atomic E-state index is 14.3. The maximum absolute atomic E-state index is 14.3. The molecule has 0 bridgehead atoms. The van der Waals surface area contributed by atoms with Crippen LogP contribution in [0.5, 0.6) is 11.5 Å². The standard InChI is InChI=1S/C37H48BN4O6S.C33H44F3N3O6/c1-6-13-33-37(45)41(5)28(4)35(43)40-32(24-29-14-8-7-9-15-29)36(44)39-23-12-17-30-16-10-11-18-34(30)48-27(3)25-42(33)38-49(46,47)31-21-19-26(2)20-22-31;1-5-12-26(30(41)39(4)23(3)29(40)38-27(31(42)43)21-24-13-7-6-8-14-24)19-18-22(2)45-28-17-10-9-15-25(28)16-11-20-37-32(44)33(34,35)36/h7-11,14-16,18-22,27-28,32-33H,6,12-13,17,23-25H2,1-5H3,(H,39,44)(H,40,43);6-10,13-15,17,22-23,26-27H,5,11-12,16,18-21H2,1-4H3,(H,37,44)(H,38,40)(H,42,43)/t27-,28-,32-,33+;22-,23-,26-,27-/m11/s1. The van der Waals surface area contributed by atoms with E-state index in [0.717, 1.165) is 40.9 Å². The number of rotatable bonds is 25. The number of carbonyl (C=O) groups excluding carboxylic acids is 6. The molecule has 8 atom stereocenters. The van der Waals surface area contributed by atoms with Gasteiger partial charge < -0.3 is 50.5 Å². The number of likely N-dealkylation sites (N-methyl/N-ethyl adjacent to an activating group) is 2. The molecule has 0 saturated carbocycles. The molecule has 1 heterocycles. The Morgan fingerprint density at radius 3 is 2.10 bits per heavy atom. The number of halogens is 3. The number of amides is 6. The molecule has 1 aliphatic rings. The molecule has 6 rings (SSSR count). The summed E-state index contributed by atoms with van der Waals surface area (Å²) < 4.78 is 77.2. The molecule has 0 unspecified atom stereocenters. The van der Waals surface area contributed by atoms with E-state index in [2.05, 4.69) is 16.0 Å². The summed E-state index contributed by atoms with van der Waals surface area (Å²) in [5.41, 5.74) is 4.30. The Kier molecular flexibility index (Phi) is 30.6. The van der Waals surface area contributed by atoms with Crippen molar-refractivity contribution in [2.45, 2.75) is 179 Å². The lowest BCUT2D eigenvalue weighted by Gasteiger charge is -2.36. The molecule has 1 radical (unpaired) electrons. The van der Waals surface area contributed by atoms with Crippen molar-refractivity contribution in [2.75, 3.05) is 33.7 Å². The van der Waals surface area contributed by atoms with Crippen LogP contribution in [0.2, 0.25) is 0 Å². The van der Waals surface area contributed by atoms with E-state index in [0.29, 0.717) is 75.8 Å². The molecular formula is C70H92BF3N7O12S. The van der Waals surface area contributed by atoms with Crippen molar-refractivity contribution in [1.29, 1.82) is 0 Å². The van der Waals surface area contributed by atoms with Gasteiger partial charge in [0.1, 0.15) is 51.5 Å². The van der Waals surface area contributed by atoms with Gasteiger partial charge in [-0.2, -0.15) is 13.2 Å². The lowest BCUT2D eigenvalue weighted by atomic mass is 9.94. The van der Waals surface area contributed by atoms with Crippen molar-refractivity contribution in [1.82, 2.24) is 35.9 Å². The van der Waals surface area contributed by atoms with Gasteiger partial charge >= 0.3 is 24.7 Å². The minimum absolute atomic E-state index is 0.0967. The van der Waals surface area contributed by atoms with Gasteiger partial charge in [0.05, 0.1) is 17.0 Å². The number of ether oxygens (including phenoxy) is 2. The first kappa shape index (κ1) is 76.5. The van der Waals surface area contributed by atoms with Gasteiger partial charge in [0.15, 0.2) is 0 Å². The third kappa shape index (κ3) is 24.3. The number of benzene rings is 5. The quantitative estimate of drug-likeness (QED) is 0.0271. The number of fused-ring (bicyclic) bond motifs is 1. The van der Waals surface area contributed by atoms with E-state index < -0.39 is 81.8 Å². The molecule has 0 saturated heterocycles. The number of nitrogens with one attached hydrogen (secondary N) is 4. The Morgan fingerprint density at radius 1 is 0.830 bits per heavy atom. The Hall–Kier alpha value is -8.25. The average molecular weight is 1320 g/mol. The third-order valence-electron chi connectivity index (χ3n) is 16.4. The molecule has 5 N–H and O–H groups in total. The van der Waals surface area contributed by atoms with E-state index in [-0.39, 0.29) is 54.7 Å². The molecule has 24 heteroatoms. The number of para-hydroxylation sites is 2. The van der Waals surface area contributed by atoms with Crippen LogP contribution < -0.4 is 30.7 Å². The van der Waals surface area contributed by atoms with E-state index in [4.69, 9.17) is 9.47 Å². The molecule has 0 spiro atoms. The number of carboxylic acids is 1. The summed E-state index contributed by atoms with van der Waals surface area (Å²) in [4.78, 5) is 95.0. The van der Waals surface area contributed by atoms with Gasteiger partial charge in [-0.3, -0.25) is 28.8 Å². The second-order valence-corrected chi connectivity index (χ2v) is 25.7. The van der Waals surface area contributed by atoms with Crippen molar-refractivity contribution in [3.63, 3.8) is 0 Å². The van der Waals surface area contributed by atoms with Crippen molar-refractivity contribution < 1.29 is 69.7 Å². The molecule has 5 aromatic carbocycles. The van der Waals surface area contributed by atoms with Crippen LogP contribution in [-0.4, -0.2) is 159 Å². The zero-order valence-corrected chi connectivity index (χ0v) is 56.1. The molecule has 5 aromatic rings. The van der Waals surface area contributed by atoms with Crippen molar-refractivity contribution >= 4 is 57.8 Å². The normalized spacial score (nSPS) is 18.3. The molecule has 19 nitrogen and oxygen atoms in total. The predicted octanol–water partition coefficient (Wildman–Crippen LogP) is 8.80. The van der Waals surface area contributed by atoms with Gasteiger partial charge in [-0.1, -0.05) is 141 Å². The number of carboxylic acid groups (broad SMARTS) is 1. The summed E-state index contributed by atoms with van der Waals surface area (Å²) in [7, 11) is -0.900. The van der Waals surface area contributed by atoms with Crippen LogP contribution in [0, 0.1) is 12.8 Å². The zero-order valence-electron chi connectivity index (χ0n) is 55.3. The summed E-state index contributed by atoms with van der Waals surface area (Å²) in [5.74, 6) is -4.28. The highest BCUT2D eigenvalue weighted by atomic mass is 32.2. The molecular weight excluding hydrogens is 1230 g/mol. The van der Waals surface area contributed by atoms with Gasteiger partial charge in [0, 0.05) is 52.5 Å². The zero-order chi connectivity index (χ0) is 69.1. The second-order valence-electron chi connectivity index (χ2n) is 23.9. The molecule has 1 aliphatic heterocycles. The van der Waals surface area contributed by atoms with Crippen LogP contribution in [0.1, 0.15) is 121 Å². The van der Waals surface area contributed by atoms with E-state index >= 15 is 0 Å². The Bertz CT molecular complexity index is 3370. The summed E-state index contributed by atoms with van der Waals surface area (Å²) in [6.07, 6.45) is -0.123. The summed E-state index contributed by atoms with van der Waals surface area (Å²) in [6.45, 7) is 14.1. The summed E-state index contributed by atoms with van der Waals surface area (Å²) in [5, 5.41) is 19.9. The highest BCUT2D eigenvalue weighted by molar-refractivity contribution is 8.14.